The first kappa shape index (κ1) is 14.8. The summed E-state index contributed by atoms with van der Waals surface area (Å²) in [6.07, 6.45) is 7.80. The number of nitrogens with two attached hydrogens (primary N) is 1. The summed E-state index contributed by atoms with van der Waals surface area (Å²) in [4.78, 5) is 0. The molecule has 0 atom stereocenters. The molecular formula is C17H21NO. The van der Waals surface area contributed by atoms with Gasteiger partial charge in [0.2, 0.25) is 0 Å². The molecule has 0 saturated carbocycles. The lowest BCUT2D eigenvalue weighted by Gasteiger charge is -2.07. The van der Waals surface area contributed by atoms with Crippen LogP contribution in [0.2, 0.25) is 0 Å². The fourth-order valence-corrected chi connectivity index (χ4v) is 1.53. The maximum atomic E-state index is 5.68. The minimum Gasteiger partial charge on any atom is -0.489 e. The van der Waals surface area contributed by atoms with E-state index in [2.05, 4.69) is 32.2 Å². The van der Waals surface area contributed by atoms with Gasteiger partial charge in [-0.2, -0.15) is 0 Å². The van der Waals surface area contributed by atoms with Crippen molar-refractivity contribution < 1.29 is 4.74 Å². The summed E-state index contributed by atoms with van der Waals surface area (Å²) in [7, 11) is 0. The standard InChI is InChI=1S/C17H21NO/c1-4-14-8-7-9-15(12-14)13-19-17(6-3)11-10-16(18)5-2/h5-12H,2-4,13,18H2,1H3/b16-10+,17-11+. The molecular weight excluding hydrogens is 234 g/mol. The second-order valence-electron chi connectivity index (χ2n) is 4.11. The highest BCUT2D eigenvalue weighted by molar-refractivity contribution is 5.25. The van der Waals surface area contributed by atoms with Crippen LogP contribution in [-0.4, -0.2) is 0 Å². The molecule has 0 aliphatic carbocycles. The minimum absolute atomic E-state index is 0.521. The molecule has 1 aromatic carbocycles. The number of hydrogen-bond donors (Lipinski definition) is 1. The fraction of sp³-hybridized carbons (Fsp3) is 0.176. The van der Waals surface area contributed by atoms with Crippen LogP contribution in [0.15, 0.2) is 73.2 Å². The van der Waals surface area contributed by atoms with E-state index < -0.39 is 0 Å². The lowest BCUT2D eigenvalue weighted by molar-refractivity contribution is 0.211. The zero-order valence-electron chi connectivity index (χ0n) is 11.4. The zero-order chi connectivity index (χ0) is 14.1. The van der Waals surface area contributed by atoms with Crippen molar-refractivity contribution in [3.8, 4) is 0 Å². The van der Waals surface area contributed by atoms with E-state index in [0.29, 0.717) is 18.1 Å². The quantitative estimate of drug-likeness (QED) is 0.593. The molecule has 0 aliphatic heterocycles. The normalized spacial score (nSPS) is 12.1. The molecule has 0 spiro atoms. The number of allylic oxidation sites excluding steroid dienone is 4. The summed E-state index contributed by atoms with van der Waals surface area (Å²) in [5.74, 6) is 0.687. The number of hydrogen-bond acceptors (Lipinski definition) is 2. The van der Waals surface area contributed by atoms with Gasteiger partial charge in [-0.1, -0.05) is 44.3 Å². The second-order valence-corrected chi connectivity index (χ2v) is 4.11. The van der Waals surface area contributed by atoms with Crippen molar-refractivity contribution in [3.05, 3.63) is 84.3 Å². The van der Waals surface area contributed by atoms with Crippen molar-refractivity contribution in [2.75, 3.05) is 0 Å². The zero-order valence-corrected chi connectivity index (χ0v) is 11.4. The van der Waals surface area contributed by atoms with E-state index in [1.54, 1.807) is 24.3 Å². The highest BCUT2D eigenvalue weighted by Crippen LogP contribution is 2.10. The Morgan fingerprint density at radius 1 is 1.21 bits per heavy atom. The molecule has 0 radical (unpaired) electrons. The van der Waals surface area contributed by atoms with Gasteiger partial charge in [-0.25, -0.2) is 0 Å². The Morgan fingerprint density at radius 2 is 1.95 bits per heavy atom. The van der Waals surface area contributed by atoms with Crippen molar-refractivity contribution in [1.82, 2.24) is 0 Å². The summed E-state index contributed by atoms with van der Waals surface area (Å²) in [6, 6.07) is 8.36. The van der Waals surface area contributed by atoms with Crippen molar-refractivity contribution in [2.45, 2.75) is 20.0 Å². The molecule has 0 fully saturated rings. The Hall–Kier alpha value is -2.22. The second kappa shape index (κ2) is 7.98. The molecule has 0 saturated heterocycles. The summed E-state index contributed by atoms with van der Waals surface area (Å²) >= 11 is 0. The number of aryl methyl sites for hydroxylation is 1. The topological polar surface area (TPSA) is 35.2 Å². The van der Waals surface area contributed by atoms with E-state index in [0.717, 1.165) is 12.0 Å². The Labute approximate surface area is 115 Å². The van der Waals surface area contributed by atoms with Crippen LogP contribution in [0.25, 0.3) is 0 Å². The van der Waals surface area contributed by atoms with Crippen molar-refractivity contribution in [3.63, 3.8) is 0 Å². The van der Waals surface area contributed by atoms with Gasteiger partial charge in [0.15, 0.2) is 0 Å². The van der Waals surface area contributed by atoms with Gasteiger partial charge < -0.3 is 10.5 Å². The monoisotopic (exact) mass is 255 g/mol. The SMILES string of the molecule is C=C/C(N)=C\C=C(/C=C)OCc1cccc(CC)c1. The van der Waals surface area contributed by atoms with Gasteiger partial charge in [0, 0.05) is 5.70 Å². The Bertz CT molecular complexity index is 498. The Morgan fingerprint density at radius 3 is 2.58 bits per heavy atom. The van der Waals surface area contributed by atoms with Crippen LogP contribution in [0, 0.1) is 0 Å². The summed E-state index contributed by atoms with van der Waals surface area (Å²) in [6.45, 7) is 9.97. The minimum atomic E-state index is 0.521. The van der Waals surface area contributed by atoms with E-state index in [-0.39, 0.29) is 0 Å². The van der Waals surface area contributed by atoms with Crippen LogP contribution < -0.4 is 5.73 Å². The Kier molecular flexibility index (Phi) is 6.23. The van der Waals surface area contributed by atoms with Crippen LogP contribution in [0.3, 0.4) is 0 Å². The number of ether oxygens (including phenoxy) is 1. The van der Waals surface area contributed by atoms with Crippen LogP contribution in [-0.2, 0) is 17.8 Å². The maximum Gasteiger partial charge on any atom is 0.119 e. The van der Waals surface area contributed by atoms with Crippen molar-refractivity contribution in [1.29, 1.82) is 0 Å². The summed E-state index contributed by atoms with van der Waals surface area (Å²) < 4.78 is 5.68. The maximum absolute atomic E-state index is 5.68. The predicted molar refractivity (Wildman–Crippen MR) is 81.4 cm³/mol. The number of benzene rings is 1. The summed E-state index contributed by atoms with van der Waals surface area (Å²) in [5.41, 5.74) is 8.68. The van der Waals surface area contributed by atoms with E-state index in [1.165, 1.54) is 5.56 Å². The Balaban J connectivity index is 2.67. The molecule has 1 aromatic rings. The number of rotatable bonds is 7. The van der Waals surface area contributed by atoms with Gasteiger partial charge in [-0.15, -0.1) is 0 Å². The van der Waals surface area contributed by atoms with Crippen LogP contribution in [0.4, 0.5) is 0 Å². The summed E-state index contributed by atoms with van der Waals surface area (Å²) in [5, 5.41) is 0. The van der Waals surface area contributed by atoms with Crippen LogP contribution >= 0.6 is 0 Å². The van der Waals surface area contributed by atoms with Gasteiger partial charge in [-0.05, 0) is 41.9 Å². The van der Waals surface area contributed by atoms with Crippen molar-refractivity contribution >= 4 is 0 Å². The van der Waals surface area contributed by atoms with E-state index in [9.17, 15) is 0 Å². The predicted octanol–water partition coefficient (Wildman–Crippen LogP) is 3.86. The lowest BCUT2D eigenvalue weighted by atomic mass is 10.1. The molecule has 100 valence electrons. The lowest BCUT2D eigenvalue weighted by Crippen LogP contribution is -1.94. The van der Waals surface area contributed by atoms with E-state index in [1.807, 2.05) is 12.1 Å². The highest BCUT2D eigenvalue weighted by Gasteiger charge is 1.97. The van der Waals surface area contributed by atoms with Crippen molar-refractivity contribution in [2.24, 2.45) is 5.73 Å². The van der Waals surface area contributed by atoms with Gasteiger partial charge >= 0.3 is 0 Å². The molecule has 0 aliphatic rings. The first-order valence-electron chi connectivity index (χ1n) is 6.32. The third-order valence-electron chi connectivity index (χ3n) is 2.68. The average molecular weight is 255 g/mol. The molecule has 19 heavy (non-hydrogen) atoms. The molecule has 0 unspecified atom stereocenters. The van der Waals surface area contributed by atoms with Crippen LogP contribution in [0.1, 0.15) is 18.1 Å². The molecule has 2 heteroatoms. The van der Waals surface area contributed by atoms with Gasteiger partial charge in [0.25, 0.3) is 0 Å². The molecule has 0 heterocycles. The highest BCUT2D eigenvalue weighted by atomic mass is 16.5. The first-order chi connectivity index (χ1) is 9.19. The van der Waals surface area contributed by atoms with Crippen LogP contribution in [0.5, 0.6) is 0 Å². The molecule has 2 N–H and O–H groups in total. The molecule has 2 nitrogen and oxygen atoms in total. The molecule has 0 amide bonds. The molecule has 1 rings (SSSR count). The molecule has 0 bridgehead atoms. The average Bonchev–Trinajstić information content (AvgIpc) is 2.47. The largest absolute Gasteiger partial charge is 0.489 e. The first-order valence-corrected chi connectivity index (χ1v) is 6.32. The smallest absolute Gasteiger partial charge is 0.119 e. The molecule has 0 aromatic heterocycles. The van der Waals surface area contributed by atoms with Gasteiger partial charge in [0.1, 0.15) is 12.4 Å². The third-order valence-corrected chi connectivity index (χ3v) is 2.68. The fourth-order valence-electron chi connectivity index (χ4n) is 1.53. The third kappa shape index (κ3) is 5.30. The van der Waals surface area contributed by atoms with E-state index in [4.69, 9.17) is 10.5 Å². The van der Waals surface area contributed by atoms with E-state index >= 15 is 0 Å². The van der Waals surface area contributed by atoms with Gasteiger partial charge in [-0.3, -0.25) is 0 Å². The van der Waals surface area contributed by atoms with Gasteiger partial charge in [0.05, 0.1) is 0 Å².